The van der Waals surface area contributed by atoms with Crippen LogP contribution in [0.15, 0.2) is 12.1 Å². The SMILES string of the molecule is Cc1cc(C2CCN(S(=O)(=O)C3CCOCC3C(=O)N(O)O)CC2)cc(C)n1. The van der Waals surface area contributed by atoms with Crippen molar-refractivity contribution in [2.24, 2.45) is 5.92 Å². The first-order chi connectivity index (χ1) is 13.2. The van der Waals surface area contributed by atoms with Crippen LogP contribution in [-0.4, -0.2) is 70.8 Å². The molecule has 2 saturated heterocycles. The molecule has 2 fully saturated rings. The number of hydrogen-bond acceptors (Lipinski definition) is 7. The lowest BCUT2D eigenvalue weighted by atomic mass is 9.90. The molecule has 2 N–H and O–H groups in total. The van der Waals surface area contributed by atoms with E-state index in [4.69, 9.17) is 15.2 Å². The minimum absolute atomic E-state index is 0.146. The number of hydrogen-bond donors (Lipinski definition) is 2. The molecule has 0 radical (unpaired) electrons. The number of piperidine rings is 1. The maximum absolute atomic E-state index is 13.2. The Morgan fingerprint density at radius 3 is 2.36 bits per heavy atom. The van der Waals surface area contributed by atoms with Gasteiger partial charge < -0.3 is 4.74 Å². The van der Waals surface area contributed by atoms with E-state index in [2.05, 4.69) is 4.98 Å². The molecule has 3 rings (SSSR count). The number of rotatable bonds is 4. The van der Waals surface area contributed by atoms with Gasteiger partial charge in [-0.05, 0) is 56.7 Å². The lowest BCUT2D eigenvalue weighted by Gasteiger charge is -2.37. The lowest BCUT2D eigenvalue weighted by molar-refractivity contribution is -0.289. The van der Waals surface area contributed by atoms with Gasteiger partial charge in [-0.25, -0.2) is 12.7 Å². The van der Waals surface area contributed by atoms with Crippen LogP contribution in [0.2, 0.25) is 0 Å². The average molecular weight is 413 g/mol. The molecule has 28 heavy (non-hydrogen) atoms. The first kappa shape index (κ1) is 21.1. The van der Waals surface area contributed by atoms with Gasteiger partial charge >= 0.3 is 0 Å². The topological polar surface area (TPSA) is 120 Å². The quantitative estimate of drug-likeness (QED) is 0.562. The summed E-state index contributed by atoms with van der Waals surface area (Å²) in [5.74, 6) is -1.92. The smallest absolute Gasteiger partial charge is 0.279 e. The molecule has 2 atom stereocenters. The monoisotopic (exact) mass is 413 g/mol. The summed E-state index contributed by atoms with van der Waals surface area (Å²) in [6, 6.07) is 4.10. The maximum Gasteiger partial charge on any atom is 0.279 e. The van der Waals surface area contributed by atoms with Crippen molar-refractivity contribution in [3.63, 3.8) is 0 Å². The number of nitrogens with zero attached hydrogens (tertiary/aromatic N) is 3. The maximum atomic E-state index is 13.2. The van der Waals surface area contributed by atoms with Crippen molar-refractivity contribution in [2.75, 3.05) is 26.3 Å². The van der Waals surface area contributed by atoms with Gasteiger partial charge in [0.1, 0.15) is 0 Å². The van der Waals surface area contributed by atoms with Gasteiger partial charge in [-0.3, -0.25) is 20.2 Å². The van der Waals surface area contributed by atoms with Crippen molar-refractivity contribution >= 4 is 15.9 Å². The van der Waals surface area contributed by atoms with Crippen molar-refractivity contribution < 1.29 is 28.4 Å². The molecule has 1 aromatic rings. The predicted octanol–water partition coefficient (Wildman–Crippen LogP) is 1.22. The van der Waals surface area contributed by atoms with E-state index in [9.17, 15) is 13.2 Å². The Labute approximate surface area is 164 Å². The molecule has 1 amide bonds. The van der Waals surface area contributed by atoms with Gasteiger partial charge in [-0.2, -0.15) is 0 Å². The minimum atomic E-state index is -3.76. The zero-order chi connectivity index (χ0) is 20.5. The minimum Gasteiger partial charge on any atom is -0.381 e. The van der Waals surface area contributed by atoms with Crippen LogP contribution in [-0.2, 0) is 19.6 Å². The highest BCUT2D eigenvalue weighted by molar-refractivity contribution is 7.89. The molecule has 1 aromatic heterocycles. The van der Waals surface area contributed by atoms with E-state index in [0.29, 0.717) is 25.9 Å². The molecule has 0 saturated carbocycles. The molecule has 3 heterocycles. The third kappa shape index (κ3) is 4.36. The molecule has 0 aliphatic carbocycles. The fraction of sp³-hybridized carbons (Fsp3) is 0.667. The molecule has 0 aromatic carbocycles. The molecule has 0 spiro atoms. The summed E-state index contributed by atoms with van der Waals surface area (Å²) in [7, 11) is -3.76. The molecular formula is C18H27N3O6S. The Hall–Kier alpha value is -1.59. The Bertz CT molecular complexity index is 800. The normalized spacial score (nSPS) is 24.9. The van der Waals surface area contributed by atoms with Crippen LogP contribution in [0.3, 0.4) is 0 Å². The second-order valence-corrected chi connectivity index (χ2v) is 9.69. The van der Waals surface area contributed by atoms with E-state index in [-0.39, 0.29) is 25.6 Å². The van der Waals surface area contributed by atoms with Crippen LogP contribution < -0.4 is 0 Å². The number of amides is 1. The lowest BCUT2D eigenvalue weighted by Crippen LogP contribution is -2.52. The number of aryl methyl sites for hydroxylation is 2. The van der Waals surface area contributed by atoms with Gasteiger partial charge in [0.05, 0.1) is 17.8 Å². The van der Waals surface area contributed by atoms with E-state index in [1.165, 1.54) is 9.87 Å². The average Bonchev–Trinajstić information content (AvgIpc) is 2.66. The standard InChI is InChI=1S/C18H27N3O6S/c1-12-9-15(10-13(2)19-12)14-3-6-20(7-4-14)28(25,26)17-5-8-27-11-16(17)18(22)21(23)24/h9-10,14,16-17,23-24H,3-8,11H2,1-2H3. The van der Waals surface area contributed by atoms with Crippen LogP contribution in [0.4, 0.5) is 0 Å². The largest absolute Gasteiger partial charge is 0.381 e. The fourth-order valence-electron chi connectivity index (χ4n) is 4.19. The number of pyridine rings is 1. The van der Waals surface area contributed by atoms with Crippen LogP contribution in [0.25, 0.3) is 0 Å². The summed E-state index contributed by atoms with van der Waals surface area (Å²) in [6.07, 6.45) is 1.53. The van der Waals surface area contributed by atoms with Crippen molar-refractivity contribution in [1.82, 2.24) is 14.5 Å². The van der Waals surface area contributed by atoms with E-state index < -0.39 is 32.3 Å². The van der Waals surface area contributed by atoms with E-state index in [1.807, 2.05) is 26.0 Å². The van der Waals surface area contributed by atoms with E-state index >= 15 is 0 Å². The van der Waals surface area contributed by atoms with Gasteiger partial charge in [-0.1, -0.05) is 5.23 Å². The number of ether oxygens (including phenoxy) is 1. The highest BCUT2D eigenvalue weighted by Crippen LogP contribution is 2.33. The number of carbonyl (C=O) groups excluding carboxylic acids is 1. The molecule has 10 heteroatoms. The van der Waals surface area contributed by atoms with Crippen molar-refractivity contribution in [3.05, 3.63) is 29.1 Å². The third-order valence-electron chi connectivity index (χ3n) is 5.58. The summed E-state index contributed by atoms with van der Waals surface area (Å²) < 4.78 is 32.9. The van der Waals surface area contributed by atoms with Crippen LogP contribution in [0, 0.1) is 19.8 Å². The Morgan fingerprint density at radius 1 is 1.18 bits per heavy atom. The zero-order valence-electron chi connectivity index (χ0n) is 16.1. The summed E-state index contributed by atoms with van der Waals surface area (Å²) in [6.45, 7) is 4.71. The van der Waals surface area contributed by atoms with E-state index in [1.54, 1.807) is 0 Å². The summed E-state index contributed by atoms with van der Waals surface area (Å²) in [4.78, 5) is 16.4. The second kappa shape index (κ2) is 8.42. The van der Waals surface area contributed by atoms with Gasteiger partial charge in [-0.15, -0.1) is 0 Å². The Kier molecular flexibility index (Phi) is 6.35. The highest BCUT2D eigenvalue weighted by atomic mass is 32.2. The van der Waals surface area contributed by atoms with E-state index in [0.717, 1.165) is 11.4 Å². The number of sulfonamides is 1. The fourth-order valence-corrected chi connectivity index (χ4v) is 6.30. The molecular weight excluding hydrogens is 386 g/mol. The predicted molar refractivity (Wildman–Crippen MR) is 99.3 cm³/mol. The molecule has 0 bridgehead atoms. The first-order valence-electron chi connectivity index (χ1n) is 9.43. The van der Waals surface area contributed by atoms with Crippen molar-refractivity contribution in [1.29, 1.82) is 0 Å². The third-order valence-corrected chi connectivity index (χ3v) is 7.99. The Morgan fingerprint density at radius 2 is 1.79 bits per heavy atom. The van der Waals surface area contributed by atoms with Crippen molar-refractivity contribution in [3.8, 4) is 0 Å². The summed E-state index contributed by atoms with van der Waals surface area (Å²) in [5.41, 5.74) is 3.08. The molecule has 2 aliphatic heterocycles. The summed E-state index contributed by atoms with van der Waals surface area (Å²) in [5, 5.41) is 16.5. The molecule has 2 unspecified atom stereocenters. The molecule has 156 valence electrons. The van der Waals surface area contributed by atoms with Gasteiger partial charge in [0, 0.05) is 31.1 Å². The van der Waals surface area contributed by atoms with Crippen LogP contribution in [0.1, 0.15) is 42.1 Å². The first-order valence-corrected chi connectivity index (χ1v) is 10.9. The highest BCUT2D eigenvalue weighted by Gasteiger charge is 2.45. The summed E-state index contributed by atoms with van der Waals surface area (Å²) >= 11 is 0. The molecule has 9 nitrogen and oxygen atoms in total. The number of hydroxylamine groups is 2. The van der Waals surface area contributed by atoms with Gasteiger partial charge in [0.2, 0.25) is 10.0 Å². The second-order valence-electron chi connectivity index (χ2n) is 7.54. The zero-order valence-corrected chi connectivity index (χ0v) is 16.9. The van der Waals surface area contributed by atoms with Crippen molar-refractivity contribution in [2.45, 2.75) is 44.3 Å². The Balaban J connectivity index is 1.72. The van der Waals surface area contributed by atoms with Crippen LogP contribution >= 0.6 is 0 Å². The number of carbonyl (C=O) groups is 1. The number of aromatic nitrogens is 1. The van der Waals surface area contributed by atoms with Gasteiger partial charge in [0.15, 0.2) is 0 Å². The molecule has 2 aliphatic rings. The van der Waals surface area contributed by atoms with Crippen LogP contribution in [0.5, 0.6) is 0 Å². The van der Waals surface area contributed by atoms with Gasteiger partial charge in [0.25, 0.3) is 5.91 Å².